The molecule has 3 nitrogen and oxygen atoms in total. The molecule has 1 saturated carbocycles. The van der Waals surface area contributed by atoms with Gasteiger partial charge in [0.15, 0.2) is 0 Å². The summed E-state index contributed by atoms with van der Waals surface area (Å²) in [6.07, 6.45) is -7.15. The zero-order valence-electron chi connectivity index (χ0n) is 30.0. The van der Waals surface area contributed by atoms with Gasteiger partial charge in [0.2, 0.25) is 0 Å². The Balaban J connectivity index is 2.35. The number of ether oxygens (including phenoxy) is 1. The Labute approximate surface area is 184 Å². The molecular formula is C24H36O3. The maximum absolute atomic E-state index is 13.0. The molecule has 1 aromatic rings. The van der Waals surface area contributed by atoms with Crippen molar-refractivity contribution in [3.05, 3.63) is 23.2 Å². The summed E-state index contributed by atoms with van der Waals surface area (Å²) in [4.78, 5) is 13.0. The van der Waals surface area contributed by atoms with Crippen LogP contribution in [0.3, 0.4) is 0 Å². The first-order valence-corrected chi connectivity index (χ1v) is 9.25. The van der Waals surface area contributed by atoms with Gasteiger partial charge >= 0.3 is 0 Å². The van der Waals surface area contributed by atoms with Crippen molar-refractivity contribution >= 4 is 5.78 Å². The van der Waals surface area contributed by atoms with Gasteiger partial charge in [0.05, 0.1) is 2.74 Å². The first kappa shape index (κ1) is 8.88. The van der Waals surface area contributed by atoms with E-state index in [1.807, 2.05) is 0 Å². The van der Waals surface area contributed by atoms with Crippen molar-refractivity contribution in [2.45, 2.75) is 103 Å². The van der Waals surface area contributed by atoms with Crippen LogP contribution >= 0.6 is 0 Å². The number of ketones is 1. The van der Waals surface area contributed by atoms with Crippen LogP contribution in [0, 0.1) is 5.92 Å². The van der Waals surface area contributed by atoms with Gasteiger partial charge in [-0.2, -0.15) is 0 Å². The van der Waals surface area contributed by atoms with Gasteiger partial charge in [-0.1, -0.05) is 46.4 Å². The second-order valence-corrected chi connectivity index (χ2v) is 7.94. The van der Waals surface area contributed by atoms with Crippen LogP contribution in [0.5, 0.6) is 11.5 Å². The molecule has 27 heavy (non-hydrogen) atoms. The van der Waals surface area contributed by atoms with E-state index in [0.717, 1.165) is 0 Å². The average Bonchev–Trinajstić information content (AvgIpc) is 2.76. The molecule has 3 rings (SSSR count). The van der Waals surface area contributed by atoms with E-state index in [1.165, 1.54) is 6.92 Å². The number of rotatable bonds is 6. The third kappa shape index (κ3) is 4.02. The average molecular weight is 387 g/mol. The van der Waals surface area contributed by atoms with Gasteiger partial charge in [-0.25, -0.2) is 0 Å². The number of fused-ring (bicyclic) bond motifs is 3. The lowest BCUT2D eigenvalue weighted by atomic mass is 9.66. The van der Waals surface area contributed by atoms with Crippen LogP contribution in [0.25, 0.3) is 0 Å². The minimum absolute atomic E-state index is 0.116. The highest BCUT2D eigenvalue weighted by Crippen LogP contribution is 2.54. The van der Waals surface area contributed by atoms with E-state index in [9.17, 15) is 9.90 Å². The molecule has 0 saturated heterocycles. The van der Waals surface area contributed by atoms with Crippen molar-refractivity contribution in [1.82, 2.24) is 0 Å². The number of Topliss-reactive ketones (excluding diaryl/α,β-unsaturated/α-hetero) is 1. The van der Waals surface area contributed by atoms with Crippen molar-refractivity contribution in [2.24, 2.45) is 5.92 Å². The van der Waals surface area contributed by atoms with Crippen LogP contribution in [-0.4, -0.2) is 16.5 Å². The number of carbonyl (C=O) groups excluding carboxylic acids is 1. The van der Waals surface area contributed by atoms with Crippen LogP contribution in [0.15, 0.2) is 12.1 Å². The Bertz CT molecular complexity index is 1200. The lowest BCUT2D eigenvalue weighted by Gasteiger charge is -2.47. The van der Waals surface area contributed by atoms with Crippen LogP contribution < -0.4 is 4.74 Å². The molecule has 1 N–H and O–H groups in total. The summed E-state index contributed by atoms with van der Waals surface area (Å²) in [6.45, 7) is -2.31. The molecule has 1 aliphatic carbocycles. The fraction of sp³-hybridized carbons (Fsp3) is 0.708. The van der Waals surface area contributed by atoms with Gasteiger partial charge in [0.1, 0.15) is 22.9 Å². The fourth-order valence-corrected chi connectivity index (χ4v) is 3.71. The molecule has 0 aromatic heterocycles. The van der Waals surface area contributed by atoms with E-state index in [4.69, 9.17) is 23.9 Å². The smallest absolute Gasteiger partial charge is 0.133 e. The number of hydrogen-bond donors (Lipinski definition) is 1. The molecule has 2 atom stereocenters. The molecule has 0 bridgehead atoms. The molecule has 0 unspecified atom stereocenters. The number of unbranched alkanes of at least 4 members (excludes halogenated alkanes) is 1. The SMILES string of the molecule is [2H]c1c(O)c2c(c([2H])c1C(C)(C)CCCCC([2H])([2H])C)OC(C([2H])([2H])[2H])(C([2H])([2H])[2H])[C@@H]1CC([2H])([2H])C(=O)C([2H])([2H])[C@@H]21. The van der Waals surface area contributed by atoms with Crippen molar-refractivity contribution in [1.29, 1.82) is 0 Å². The third-order valence-corrected chi connectivity index (χ3v) is 5.40. The Kier molecular flexibility index (Phi) is 2.46. The molecule has 2 aliphatic rings. The highest BCUT2D eigenvalue weighted by atomic mass is 16.5. The lowest BCUT2D eigenvalue weighted by Crippen LogP contribution is -2.47. The summed E-state index contributed by atoms with van der Waals surface area (Å²) in [7, 11) is 0. The molecule has 1 fully saturated rings. The number of benzene rings is 1. The molecule has 0 amide bonds. The molecule has 3 heteroatoms. The van der Waals surface area contributed by atoms with Gasteiger partial charge in [-0.3, -0.25) is 4.79 Å². The van der Waals surface area contributed by atoms with Gasteiger partial charge in [0, 0.05) is 46.6 Å². The van der Waals surface area contributed by atoms with Gasteiger partial charge in [-0.15, -0.1) is 0 Å². The molecule has 1 aromatic carbocycles. The highest BCUT2D eigenvalue weighted by molar-refractivity contribution is 5.81. The van der Waals surface area contributed by atoms with Crippen molar-refractivity contribution in [2.75, 3.05) is 0 Å². The van der Waals surface area contributed by atoms with Crippen LogP contribution in [-0.2, 0) is 10.2 Å². The highest BCUT2D eigenvalue weighted by Gasteiger charge is 2.47. The summed E-state index contributed by atoms with van der Waals surface area (Å²) < 4.78 is 122. The number of hydrogen-bond acceptors (Lipinski definition) is 3. The largest absolute Gasteiger partial charge is 0.508 e. The lowest BCUT2D eigenvalue weighted by molar-refractivity contribution is -0.124. The standard InChI is InChI=1S/C24H36O3/c1-6-7-8-9-12-23(2,3)16-13-20(26)22-18-15-17(25)10-11-19(18)24(4,5)27-21(22)14-16/h13-14,18-19,26H,6-12,15H2,1-5H3/t18-,19-/m1/s1/i4D3,5D3,6D2,10D2,13D,14D,15D2. The Morgan fingerprint density at radius 3 is 2.89 bits per heavy atom. The molecule has 150 valence electrons. The molecule has 1 aliphatic heterocycles. The van der Waals surface area contributed by atoms with E-state index in [1.54, 1.807) is 13.8 Å². The number of aromatic hydroxyl groups is 1. The van der Waals surface area contributed by atoms with E-state index >= 15 is 0 Å². The first-order valence-electron chi connectivity index (χ1n) is 16.3. The normalized spacial score (nSPS) is 36.9. The maximum Gasteiger partial charge on any atom is 0.133 e. The van der Waals surface area contributed by atoms with E-state index in [0.29, 0.717) is 19.3 Å². The van der Waals surface area contributed by atoms with Gasteiger partial charge in [0.25, 0.3) is 0 Å². The van der Waals surface area contributed by atoms with Crippen molar-refractivity contribution < 1.29 is 33.8 Å². The summed E-state index contributed by atoms with van der Waals surface area (Å²) in [5, 5.41) is 11.3. The molecule has 1 heterocycles. The van der Waals surface area contributed by atoms with Crippen molar-refractivity contribution in [3.8, 4) is 11.5 Å². The van der Waals surface area contributed by atoms with E-state index in [2.05, 4.69) is 0 Å². The summed E-state index contributed by atoms with van der Waals surface area (Å²) in [5.41, 5.74) is -5.02. The molecule has 0 spiro atoms. The first-order chi connectivity index (χ1) is 18.2. The van der Waals surface area contributed by atoms with Crippen LogP contribution in [0.2, 0.25) is 0 Å². The number of phenolic OH excluding ortho intramolecular Hbond substituents is 1. The topological polar surface area (TPSA) is 46.5 Å². The quantitative estimate of drug-likeness (QED) is 0.587. The Morgan fingerprint density at radius 1 is 1.41 bits per heavy atom. The number of carbonyl (C=O) groups is 1. The van der Waals surface area contributed by atoms with Gasteiger partial charge < -0.3 is 9.84 Å². The second-order valence-electron chi connectivity index (χ2n) is 7.94. The van der Waals surface area contributed by atoms with E-state index in [-0.39, 0.29) is 12.0 Å². The van der Waals surface area contributed by atoms with Crippen molar-refractivity contribution in [3.63, 3.8) is 0 Å². The zero-order valence-corrected chi connectivity index (χ0v) is 16.0. The Morgan fingerprint density at radius 2 is 2.19 bits per heavy atom. The summed E-state index contributed by atoms with van der Waals surface area (Å²) in [5.74, 6) is -7.28. The van der Waals surface area contributed by atoms with Crippen LogP contribution in [0.4, 0.5) is 0 Å². The number of phenols is 1. The zero-order chi connectivity index (χ0) is 31.9. The predicted molar refractivity (Wildman–Crippen MR) is 110 cm³/mol. The minimum Gasteiger partial charge on any atom is -0.508 e. The summed E-state index contributed by atoms with van der Waals surface area (Å²) >= 11 is 0. The van der Waals surface area contributed by atoms with Gasteiger partial charge in [-0.05, 0) is 49.6 Å². The predicted octanol–water partition coefficient (Wildman–Crippen LogP) is 6.26. The minimum atomic E-state index is -3.53. The van der Waals surface area contributed by atoms with E-state index < -0.39 is 97.0 Å². The summed E-state index contributed by atoms with van der Waals surface area (Å²) in [6, 6.07) is -1.23. The molecule has 0 radical (unpaired) electrons. The maximum atomic E-state index is 13.0. The monoisotopic (exact) mass is 386 g/mol. The second kappa shape index (κ2) is 7.48. The fourth-order valence-electron chi connectivity index (χ4n) is 3.71. The third-order valence-electron chi connectivity index (χ3n) is 5.40. The Hall–Kier alpha value is -1.51. The van der Waals surface area contributed by atoms with Crippen LogP contribution in [0.1, 0.15) is 122 Å². The molecular weight excluding hydrogens is 336 g/mol.